The van der Waals surface area contributed by atoms with Gasteiger partial charge >= 0.3 is 0 Å². The van der Waals surface area contributed by atoms with Gasteiger partial charge in [-0.1, -0.05) is 19.9 Å². The molecule has 2 aromatic heterocycles. The Morgan fingerprint density at radius 2 is 2.22 bits per heavy atom. The van der Waals surface area contributed by atoms with Crippen molar-refractivity contribution in [2.75, 3.05) is 18.4 Å². The summed E-state index contributed by atoms with van der Waals surface area (Å²) >= 11 is 0. The molecule has 0 saturated carbocycles. The molecule has 0 spiro atoms. The number of hydrogen-bond donors (Lipinski definition) is 1. The van der Waals surface area contributed by atoms with Gasteiger partial charge in [-0.2, -0.15) is 0 Å². The van der Waals surface area contributed by atoms with Gasteiger partial charge < -0.3 is 10.2 Å². The summed E-state index contributed by atoms with van der Waals surface area (Å²) in [7, 11) is 0. The molecule has 1 fully saturated rings. The Morgan fingerprint density at radius 1 is 1.33 bits per heavy atom. The Labute approximate surface area is 160 Å². The number of imidazole rings is 1. The number of amides is 1. The van der Waals surface area contributed by atoms with Crippen LogP contribution in [0.3, 0.4) is 0 Å². The Kier molecular flexibility index (Phi) is 5.14. The van der Waals surface area contributed by atoms with Crippen LogP contribution in [0.1, 0.15) is 58.1 Å². The quantitative estimate of drug-likeness (QED) is 0.845. The molecule has 1 N–H and O–H groups in total. The Balaban J connectivity index is 1.45. The fraction of sp³-hybridized carbons (Fsp3) is 0.571. The summed E-state index contributed by atoms with van der Waals surface area (Å²) in [6, 6.07) is 4.24. The van der Waals surface area contributed by atoms with Crippen LogP contribution in [0.2, 0.25) is 0 Å². The van der Waals surface area contributed by atoms with E-state index < -0.39 is 0 Å². The van der Waals surface area contributed by atoms with E-state index in [2.05, 4.69) is 35.1 Å². The maximum atomic E-state index is 12.5. The zero-order valence-corrected chi connectivity index (χ0v) is 16.3. The van der Waals surface area contributed by atoms with Crippen LogP contribution < -0.4 is 5.32 Å². The highest BCUT2D eigenvalue weighted by Crippen LogP contribution is 2.28. The third-order valence-electron chi connectivity index (χ3n) is 5.53. The molecule has 0 aromatic carbocycles. The highest BCUT2D eigenvalue weighted by Gasteiger charge is 2.28. The first-order valence-corrected chi connectivity index (χ1v) is 10.2. The van der Waals surface area contributed by atoms with Crippen molar-refractivity contribution < 1.29 is 4.79 Å². The number of allylic oxidation sites excluding steroid dienone is 2. The minimum absolute atomic E-state index is 0.258. The standard InChI is InChI=1S/C21H29N5O/c1-15(2)12-21(27)25-11-5-8-17(25)13-22-19-9-10-20-23-14-18(26(20)24-19)16-6-3-4-7-16/h6,9-10,14-15,17H,3-5,7-8,11-13H2,1-2H3,(H,22,24)/t17-/m0/s1. The van der Waals surface area contributed by atoms with Gasteiger partial charge in [-0.05, 0) is 55.7 Å². The van der Waals surface area contributed by atoms with Crippen LogP contribution in [0.5, 0.6) is 0 Å². The monoisotopic (exact) mass is 367 g/mol. The maximum absolute atomic E-state index is 12.5. The third-order valence-corrected chi connectivity index (χ3v) is 5.53. The average molecular weight is 367 g/mol. The molecule has 3 heterocycles. The molecule has 27 heavy (non-hydrogen) atoms. The molecule has 1 atom stereocenters. The molecule has 0 unspecified atom stereocenters. The summed E-state index contributed by atoms with van der Waals surface area (Å²) in [6.07, 6.45) is 10.4. The van der Waals surface area contributed by atoms with Gasteiger partial charge in [0.2, 0.25) is 5.91 Å². The number of nitrogens with zero attached hydrogens (tertiary/aromatic N) is 4. The molecule has 0 radical (unpaired) electrons. The van der Waals surface area contributed by atoms with Crippen LogP contribution >= 0.6 is 0 Å². The van der Waals surface area contributed by atoms with Gasteiger partial charge in [-0.25, -0.2) is 9.50 Å². The van der Waals surface area contributed by atoms with Crippen LogP contribution in [0.25, 0.3) is 11.2 Å². The Hall–Kier alpha value is -2.37. The molecule has 1 amide bonds. The third kappa shape index (κ3) is 3.84. The minimum atomic E-state index is 0.258. The van der Waals surface area contributed by atoms with Crippen molar-refractivity contribution in [2.24, 2.45) is 5.92 Å². The molecule has 2 aliphatic rings. The van der Waals surface area contributed by atoms with Gasteiger partial charge in [-0.15, -0.1) is 5.10 Å². The summed E-state index contributed by atoms with van der Waals surface area (Å²) < 4.78 is 1.94. The second kappa shape index (κ2) is 7.71. The van der Waals surface area contributed by atoms with Crippen LogP contribution in [0, 0.1) is 5.92 Å². The first kappa shape index (κ1) is 18.0. The van der Waals surface area contributed by atoms with Crippen molar-refractivity contribution >= 4 is 22.9 Å². The number of anilines is 1. The number of carbonyl (C=O) groups is 1. The second-order valence-corrected chi connectivity index (χ2v) is 8.12. The first-order valence-electron chi connectivity index (χ1n) is 10.2. The molecular weight excluding hydrogens is 338 g/mol. The second-order valence-electron chi connectivity index (χ2n) is 8.12. The molecule has 2 aromatic rings. The van der Waals surface area contributed by atoms with E-state index in [1.807, 2.05) is 22.8 Å². The van der Waals surface area contributed by atoms with E-state index in [1.165, 1.54) is 12.0 Å². The number of likely N-dealkylation sites (tertiary alicyclic amines) is 1. The molecule has 4 rings (SSSR count). The summed E-state index contributed by atoms with van der Waals surface area (Å²) in [5, 5.41) is 8.21. The van der Waals surface area contributed by atoms with E-state index in [4.69, 9.17) is 5.10 Å². The molecule has 144 valence electrons. The summed E-state index contributed by atoms with van der Waals surface area (Å²) in [5.41, 5.74) is 3.31. The van der Waals surface area contributed by atoms with Crippen LogP contribution in [0.4, 0.5) is 5.82 Å². The van der Waals surface area contributed by atoms with Crippen LogP contribution in [-0.4, -0.2) is 44.5 Å². The topological polar surface area (TPSA) is 62.5 Å². The predicted octanol–water partition coefficient (Wildman–Crippen LogP) is 3.75. The molecular formula is C21H29N5O. The summed E-state index contributed by atoms with van der Waals surface area (Å²) in [5.74, 6) is 1.52. The lowest BCUT2D eigenvalue weighted by molar-refractivity contribution is -0.132. The molecule has 1 aliphatic heterocycles. The smallest absolute Gasteiger partial charge is 0.223 e. The van der Waals surface area contributed by atoms with Crippen molar-refractivity contribution in [1.29, 1.82) is 0 Å². The lowest BCUT2D eigenvalue weighted by Gasteiger charge is -2.26. The first-order chi connectivity index (χ1) is 13.1. The number of fused-ring (bicyclic) bond motifs is 1. The zero-order chi connectivity index (χ0) is 18.8. The number of nitrogens with one attached hydrogen (secondary N) is 1. The number of hydrogen-bond acceptors (Lipinski definition) is 4. The highest BCUT2D eigenvalue weighted by atomic mass is 16.2. The van der Waals surface area contributed by atoms with E-state index >= 15 is 0 Å². The van der Waals surface area contributed by atoms with E-state index in [9.17, 15) is 4.79 Å². The van der Waals surface area contributed by atoms with Crippen molar-refractivity contribution in [3.63, 3.8) is 0 Å². The van der Waals surface area contributed by atoms with Crippen LogP contribution in [0.15, 0.2) is 24.4 Å². The SMILES string of the molecule is CC(C)CC(=O)N1CCC[C@H]1CNc1ccc2ncc(C3=CCCC3)n2n1. The largest absolute Gasteiger partial charge is 0.367 e. The van der Waals surface area contributed by atoms with Gasteiger partial charge in [0.1, 0.15) is 5.82 Å². The average Bonchev–Trinajstić information content (AvgIpc) is 3.38. The van der Waals surface area contributed by atoms with E-state index in [-0.39, 0.29) is 11.9 Å². The van der Waals surface area contributed by atoms with Gasteiger partial charge in [0.15, 0.2) is 5.65 Å². The predicted molar refractivity (Wildman–Crippen MR) is 107 cm³/mol. The Bertz CT molecular complexity index is 853. The van der Waals surface area contributed by atoms with Gasteiger partial charge in [-0.3, -0.25) is 4.79 Å². The summed E-state index contributed by atoms with van der Waals surface area (Å²) in [4.78, 5) is 19.0. The molecule has 1 saturated heterocycles. The normalized spacial score (nSPS) is 19.9. The highest BCUT2D eigenvalue weighted by molar-refractivity contribution is 5.77. The molecule has 6 nitrogen and oxygen atoms in total. The van der Waals surface area contributed by atoms with E-state index in [0.717, 1.165) is 55.9 Å². The number of aromatic nitrogens is 3. The van der Waals surface area contributed by atoms with E-state index in [0.29, 0.717) is 12.3 Å². The fourth-order valence-electron chi connectivity index (χ4n) is 4.16. The Morgan fingerprint density at radius 3 is 3.00 bits per heavy atom. The van der Waals surface area contributed by atoms with Crippen molar-refractivity contribution in [3.8, 4) is 0 Å². The van der Waals surface area contributed by atoms with Gasteiger partial charge in [0.05, 0.1) is 11.9 Å². The lowest BCUT2D eigenvalue weighted by atomic mass is 10.1. The van der Waals surface area contributed by atoms with Crippen molar-refractivity contribution in [1.82, 2.24) is 19.5 Å². The summed E-state index contributed by atoms with van der Waals surface area (Å²) in [6.45, 7) is 5.82. The van der Waals surface area contributed by atoms with E-state index in [1.54, 1.807) is 0 Å². The number of carbonyl (C=O) groups excluding carboxylic acids is 1. The molecule has 6 heteroatoms. The number of rotatable bonds is 6. The lowest BCUT2D eigenvalue weighted by Crippen LogP contribution is -2.40. The van der Waals surface area contributed by atoms with Crippen molar-refractivity contribution in [2.45, 2.75) is 58.4 Å². The minimum Gasteiger partial charge on any atom is -0.367 e. The van der Waals surface area contributed by atoms with Gasteiger partial charge in [0.25, 0.3) is 0 Å². The fourth-order valence-corrected chi connectivity index (χ4v) is 4.16. The van der Waals surface area contributed by atoms with Gasteiger partial charge in [0, 0.05) is 25.6 Å². The molecule has 1 aliphatic carbocycles. The maximum Gasteiger partial charge on any atom is 0.223 e. The molecule has 0 bridgehead atoms. The van der Waals surface area contributed by atoms with Crippen LogP contribution in [-0.2, 0) is 4.79 Å². The zero-order valence-electron chi connectivity index (χ0n) is 16.3. The van der Waals surface area contributed by atoms with Crippen molar-refractivity contribution in [3.05, 3.63) is 30.1 Å².